The molecule has 0 aromatic heterocycles. The van der Waals surface area contributed by atoms with Crippen LogP contribution in [0.1, 0.15) is 16.7 Å². The van der Waals surface area contributed by atoms with Crippen molar-refractivity contribution < 1.29 is 5.11 Å². The molecule has 0 spiro atoms. The van der Waals surface area contributed by atoms with Crippen molar-refractivity contribution in [1.29, 1.82) is 0 Å². The maximum Gasteiger partial charge on any atom is 0.138 e. The van der Waals surface area contributed by atoms with Gasteiger partial charge < -0.3 is 5.11 Å². The van der Waals surface area contributed by atoms with Crippen LogP contribution in [0.2, 0.25) is 0 Å². The van der Waals surface area contributed by atoms with Gasteiger partial charge in [0.25, 0.3) is 0 Å². The lowest BCUT2D eigenvalue weighted by Gasteiger charge is -2.27. The molecule has 1 aliphatic heterocycles. The molecule has 0 saturated carbocycles. The highest BCUT2D eigenvalue weighted by atomic mass is 79.9. The Balaban J connectivity index is 1.88. The molecule has 118 valence electrons. The zero-order valence-electron chi connectivity index (χ0n) is 13.0. The Bertz CT molecular complexity index is 920. The molecule has 3 heteroatoms. The molecule has 0 bridgehead atoms. The van der Waals surface area contributed by atoms with Gasteiger partial charge in [-0.3, -0.25) is 0 Å². The average Bonchev–Trinajstić information content (AvgIpc) is 2.89. The fraction of sp³-hybridized carbons (Fsp3) is 0.0952. The molecular weight excluding hydrogens is 362 g/mol. The minimum Gasteiger partial charge on any atom is -0.378 e. The van der Waals surface area contributed by atoms with E-state index in [1.54, 1.807) is 0 Å². The first kappa shape index (κ1) is 15.3. The molecule has 0 aliphatic carbocycles. The molecule has 1 aliphatic rings. The second kappa shape index (κ2) is 6.00. The fourth-order valence-electron chi connectivity index (χ4n) is 3.27. The topological polar surface area (TPSA) is 32.6 Å². The van der Waals surface area contributed by atoms with Crippen LogP contribution in [0.3, 0.4) is 0 Å². The maximum absolute atomic E-state index is 11.7. The van der Waals surface area contributed by atoms with Crippen LogP contribution in [0.5, 0.6) is 0 Å². The predicted octanol–water partition coefficient (Wildman–Crippen LogP) is 5.01. The van der Waals surface area contributed by atoms with Crippen molar-refractivity contribution in [1.82, 2.24) is 0 Å². The van der Waals surface area contributed by atoms with Gasteiger partial charge in [0, 0.05) is 22.0 Å². The normalized spacial score (nSPS) is 19.0. The van der Waals surface area contributed by atoms with Gasteiger partial charge in [0.1, 0.15) is 5.60 Å². The van der Waals surface area contributed by atoms with Crippen LogP contribution in [-0.4, -0.2) is 10.8 Å². The highest BCUT2D eigenvalue weighted by Crippen LogP contribution is 2.43. The number of aliphatic hydroxyl groups is 1. The SMILES string of the molecule is OC1(Cc2ccccc2)C(c2ccccc2Br)=Nc2ccccc21. The van der Waals surface area contributed by atoms with Crippen molar-refractivity contribution in [2.45, 2.75) is 12.0 Å². The Hall–Kier alpha value is -2.23. The minimum atomic E-state index is -1.14. The molecule has 0 saturated heterocycles. The van der Waals surface area contributed by atoms with Gasteiger partial charge >= 0.3 is 0 Å². The Morgan fingerprint density at radius 3 is 2.29 bits per heavy atom. The van der Waals surface area contributed by atoms with Gasteiger partial charge in [0.05, 0.1) is 11.4 Å². The second-order valence-electron chi connectivity index (χ2n) is 5.98. The number of benzene rings is 3. The lowest BCUT2D eigenvalue weighted by atomic mass is 9.82. The molecule has 1 heterocycles. The molecule has 1 N–H and O–H groups in total. The number of halogens is 1. The number of hydrogen-bond donors (Lipinski definition) is 1. The zero-order valence-corrected chi connectivity index (χ0v) is 14.6. The Morgan fingerprint density at radius 1 is 0.833 bits per heavy atom. The van der Waals surface area contributed by atoms with E-state index in [1.165, 1.54) is 0 Å². The smallest absolute Gasteiger partial charge is 0.138 e. The second-order valence-corrected chi connectivity index (χ2v) is 6.83. The summed E-state index contributed by atoms with van der Waals surface area (Å²) < 4.78 is 0.933. The first-order valence-electron chi connectivity index (χ1n) is 7.88. The van der Waals surface area contributed by atoms with Crippen LogP contribution < -0.4 is 0 Å². The van der Waals surface area contributed by atoms with Gasteiger partial charge in [-0.05, 0) is 17.7 Å². The predicted molar refractivity (Wildman–Crippen MR) is 101 cm³/mol. The van der Waals surface area contributed by atoms with Gasteiger partial charge in [0.15, 0.2) is 0 Å². The van der Waals surface area contributed by atoms with E-state index in [0.717, 1.165) is 26.9 Å². The quantitative estimate of drug-likeness (QED) is 0.683. The number of rotatable bonds is 3. The lowest BCUT2D eigenvalue weighted by molar-refractivity contribution is 0.116. The third kappa shape index (κ3) is 2.50. The molecule has 24 heavy (non-hydrogen) atoms. The van der Waals surface area contributed by atoms with Crippen molar-refractivity contribution in [3.63, 3.8) is 0 Å². The van der Waals surface area contributed by atoms with E-state index >= 15 is 0 Å². The van der Waals surface area contributed by atoms with Gasteiger partial charge in [-0.2, -0.15) is 0 Å². The van der Waals surface area contributed by atoms with Crippen LogP contribution in [0.25, 0.3) is 0 Å². The third-order valence-electron chi connectivity index (χ3n) is 4.41. The first-order chi connectivity index (χ1) is 11.7. The molecule has 2 nitrogen and oxygen atoms in total. The van der Waals surface area contributed by atoms with Crippen LogP contribution in [0.4, 0.5) is 5.69 Å². The Labute approximate surface area is 149 Å². The average molecular weight is 378 g/mol. The summed E-state index contributed by atoms with van der Waals surface area (Å²) in [5.74, 6) is 0. The van der Waals surface area contributed by atoms with Gasteiger partial charge in [-0.15, -0.1) is 0 Å². The summed E-state index contributed by atoms with van der Waals surface area (Å²) in [5, 5.41) is 11.7. The van der Waals surface area contributed by atoms with Gasteiger partial charge in [0.2, 0.25) is 0 Å². The Kier molecular flexibility index (Phi) is 3.83. The fourth-order valence-corrected chi connectivity index (χ4v) is 3.74. The molecular formula is C21H16BrNO. The summed E-state index contributed by atoms with van der Waals surface area (Å²) in [6, 6.07) is 25.8. The van der Waals surface area contributed by atoms with E-state index in [4.69, 9.17) is 4.99 Å². The zero-order chi connectivity index (χ0) is 16.6. The molecule has 4 rings (SSSR count). The van der Waals surface area contributed by atoms with Crippen molar-refractivity contribution in [3.8, 4) is 0 Å². The van der Waals surface area contributed by atoms with Crippen LogP contribution >= 0.6 is 15.9 Å². The summed E-state index contributed by atoms with van der Waals surface area (Å²) in [5.41, 5.74) is 3.26. The maximum atomic E-state index is 11.7. The Morgan fingerprint density at radius 2 is 1.50 bits per heavy atom. The summed E-state index contributed by atoms with van der Waals surface area (Å²) in [6.07, 6.45) is 0.491. The van der Waals surface area contributed by atoms with E-state index in [9.17, 15) is 5.11 Å². The summed E-state index contributed by atoms with van der Waals surface area (Å²) in [7, 11) is 0. The van der Waals surface area contributed by atoms with Gasteiger partial charge in [-0.1, -0.05) is 82.7 Å². The number of aliphatic imine (C=N–C) groups is 1. The number of hydrogen-bond acceptors (Lipinski definition) is 2. The molecule has 1 atom stereocenters. The highest BCUT2D eigenvalue weighted by molar-refractivity contribution is 9.10. The monoisotopic (exact) mass is 377 g/mol. The van der Waals surface area contributed by atoms with E-state index in [2.05, 4.69) is 15.9 Å². The van der Waals surface area contributed by atoms with Crippen LogP contribution in [0.15, 0.2) is 88.3 Å². The molecule has 1 unspecified atom stereocenters. The molecule has 3 aromatic carbocycles. The van der Waals surface area contributed by atoms with Crippen molar-refractivity contribution >= 4 is 27.3 Å². The molecule has 0 radical (unpaired) electrons. The number of fused-ring (bicyclic) bond motifs is 1. The highest BCUT2D eigenvalue weighted by Gasteiger charge is 2.42. The molecule has 0 fully saturated rings. The van der Waals surface area contributed by atoms with Crippen LogP contribution in [0, 0.1) is 0 Å². The van der Waals surface area contributed by atoms with E-state index in [-0.39, 0.29) is 0 Å². The minimum absolute atomic E-state index is 0.491. The van der Waals surface area contributed by atoms with Crippen molar-refractivity contribution in [2.24, 2.45) is 4.99 Å². The van der Waals surface area contributed by atoms with Gasteiger partial charge in [-0.25, -0.2) is 4.99 Å². The van der Waals surface area contributed by atoms with Crippen molar-refractivity contribution in [3.05, 3.63) is 100 Å². The number of nitrogens with zero attached hydrogens (tertiary/aromatic N) is 1. The largest absolute Gasteiger partial charge is 0.378 e. The third-order valence-corrected chi connectivity index (χ3v) is 5.10. The van der Waals surface area contributed by atoms with Crippen LogP contribution in [-0.2, 0) is 12.0 Å². The first-order valence-corrected chi connectivity index (χ1v) is 8.68. The van der Waals surface area contributed by atoms with Crippen molar-refractivity contribution in [2.75, 3.05) is 0 Å². The van der Waals surface area contributed by atoms with E-state index in [0.29, 0.717) is 12.1 Å². The summed E-state index contributed by atoms with van der Waals surface area (Å²) in [6.45, 7) is 0. The number of para-hydroxylation sites is 1. The molecule has 0 amide bonds. The summed E-state index contributed by atoms with van der Waals surface area (Å²) >= 11 is 3.60. The standard InChI is InChI=1S/C21H16BrNO/c22-18-12-6-4-10-16(18)20-21(24,14-15-8-2-1-3-9-15)17-11-5-7-13-19(17)23-20/h1-13,24H,14H2. The van der Waals surface area contributed by atoms with E-state index < -0.39 is 5.60 Å². The lowest BCUT2D eigenvalue weighted by Crippen LogP contribution is -2.36. The van der Waals surface area contributed by atoms with E-state index in [1.807, 2.05) is 78.9 Å². The molecule has 3 aromatic rings. The summed E-state index contributed by atoms with van der Waals surface area (Å²) in [4.78, 5) is 4.77.